The van der Waals surface area contributed by atoms with Crippen molar-refractivity contribution in [2.45, 2.75) is 6.92 Å². The van der Waals surface area contributed by atoms with Crippen molar-refractivity contribution in [3.63, 3.8) is 0 Å². The van der Waals surface area contributed by atoms with E-state index in [4.69, 9.17) is 37.9 Å². The van der Waals surface area contributed by atoms with Gasteiger partial charge in [0.15, 0.2) is 12.4 Å². The van der Waals surface area contributed by atoms with E-state index in [0.717, 1.165) is 0 Å². The van der Waals surface area contributed by atoms with Crippen LogP contribution in [0.2, 0.25) is 10.0 Å². The van der Waals surface area contributed by atoms with Gasteiger partial charge in [-0.15, -0.1) is 0 Å². The van der Waals surface area contributed by atoms with Gasteiger partial charge in [0.05, 0.1) is 22.8 Å². The maximum Gasteiger partial charge on any atom is 0.349 e. The molecular formula is C19H15Cl2N3O4. The van der Waals surface area contributed by atoms with E-state index in [1.54, 1.807) is 37.3 Å². The zero-order valence-electron chi connectivity index (χ0n) is 15.0. The predicted molar refractivity (Wildman–Crippen MR) is 105 cm³/mol. The van der Waals surface area contributed by atoms with Crippen molar-refractivity contribution >= 4 is 47.0 Å². The lowest BCUT2D eigenvalue weighted by molar-refractivity contribution is -0.142. The highest BCUT2D eigenvalue weighted by atomic mass is 35.5. The number of carbonyl (C=O) groups is 2. The molecule has 0 saturated carbocycles. The Morgan fingerprint density at radius 2 is 1.93 bits per heavy atom. The Hall–Kier alpha value is -3.08. The molecule has 0 spiro atoms. The quantitative estimate of drug-likeness (QED) is 0.434. The largest absolute Gasteiger partial charge is 0.497 e. The first-order valence-corrected chi connectivity index (χ1v) is 8.65. The molecule has 0 unspecified atom stereocenters. The molecule has 0 atom stereocenters. The highest BCUT2D eigenvalue weighted by Crippen LogP contribution is 2.25. The fraction of sp³-hybridized carbons (Fsp3) is 0.158. The Morgan fingerprint density at radius 1 is 1.25 bits per heavy atom. The number of nitrogens with zero attached hydrogens (tertiary/aromatic N) is 2. The van der Waals surface area contributed by atoms with Crippen molar-refractivity contribution < 1.29 is 19.1 Å². The van der Waals surface area contributed by atoms with Gasteiger partial charge in [-0.3, -0.25) is 4.79 Å². The highest BCUT2D eigenvalue weighted by Gasteiger charge is 2.15. The van der Waals surface area contributed by atoms with Gasteiger partial charge in [0.2, 0.25) is 0 Å². The van der Waals surface area contributed by atoms with Crippen LogP contribution in [0.15, 0.2) is 35.9 Å². The number of rotatable bonds is 6. The van der Waals surface area contributed by atoms with Crippen molar-refractivity contribution in [2.75, 3.05) is 19.0 Å². The van der Waals surface area contributed by atoms with Gasteiger partial charge in [0.25, 0.3) is 5.91 Å². The molecule has 9 heteroatoms. The zero-order valence-corrected chi connectivity index (χ0v) is 16.5. The van der Waals surface area contributed by atoms with Crippen molar-refractivity contribution in [3.8, 4) is 11.8 Å². The molecule has 1 aromatic heterocycles. The number of benzene rings is 1. The fourth-order valence-electron chi connectivity index (χ4n) is 2.03. The van der Waals surface area contributed by atoms with Crippen molar-refractivity contribution in [3.05, 3.63) is 57.2 Å². The van der Waals surface area contributed by atoms with Crippen molar-refractivity contribution in [2.24, 2.45) is 0 Å². The molecule has 0 radical (unpaired) electrons. The second-order valence-corrected chi connectivity index (χ2v) is 6.27. The standard InChI is InChI=1S/C19H15Cl2N3O4/c1-11-15(20)8-16(21)18(23-11)24-17(25)10-28-19(26)13(9-22)7-12-3-5-14(27-2)6-4-12/h3-8H,10H2,1-2H3,(H,23,24,25)/b13-7-. The van der Waals surface area contributed by atoms with Gasteiger partial charge in [0, 0.05) is 0 Å². The first kappa shape index (κ1) is 21.2. The summed E-state index contributed by atoms with van der Waals surface area (Å²) >= 11 is 11.8. The van der Waals surface area contributed by atoms with Crippen LogP contribution in [0.25, 0.3) is 6.08 Å². The molecule has 2 rings (SSSR count). The number of nitrogens with one attached hydrogen (secondary N) is 1. The third kappa shape index (κ3) is 5.71. The Labute approximate surface area is 171 Å². The summed E-state index contributed by atoms with van der Waals surface area (Å²) in [7, 11) is 1.53. The maximum absolute atomic E-state index is 12.0. The first-order valence-electron chi connectivity index (χ1n) is 7.89. The lowest BCUT2D eigenvalue weighted by Gasteiger charge is -2.08. The van der Waals surface area contributed by atoms with Crippen LogP contribution in [0.1, 0.15) is 11.3 Å². The number of amides is 1. The normalized spacial score (nSPS) is 10.8. The van der Waals surface area contributed by atoms with E-state index in [1.807, 2.05) is 0 Å². The molecule has 144 valence electrons. The molecule has 0 bridgehead atoms. The maximum atomic E-state index is 12.0. The van der Waals surface area contributed by atoms with E-state index >= 15 is 0 Å². The molecule has 0 fully saturated rings. The molecule has 0 saturated heterocycles. The van der Waals surface area contributed by atoms with Gasteiger partial charge in [-0.05, 0) is 36.8 Å². The topological polar surface area (TPSA) is 101 Å². The van der Waals surface area contributed by atoms with Gasteiger partial charge in [-0.2, -0.15) is 5.26 Å². The van der Waals surface area contributed by atoms with E-state index in [-0.39, 0.29) is 16.4 Å². The number of pyridine rings is 1. The van der Waals surface area contributed by atoms with Crippen LogP contribution in [-0.4, -0.2) is 30.6 Å². The molecular weight excluding hydrogens is 405 g/mol. The van der Waals surface area contributed by atoms with Crippen LogP contribution < -0.4 is 10.1 Å². The summed E-state index contributed by atoms with van der Waals surface area (Å²) in [4.78, 5) is 28.1. The summed E-state index contributed by atoms with van der Waals surface area (Å²) in [6, 6.07) is 9.91. The van der Waals surface area contributed by atoms with Crippen molar-refractivity contribution in [1.29, 1.82) is 5.26 Å². The molecule has 28 heavy (non-hydrogen) atoms. The second-order valence-electron chi connectivity index (χ2n) is 5.45. The monoisotopic (exact) mass is 419 g/mol. The number of carbonyl (C=O) groups excluding carboxylic acids is 2. The molecule has 0 aliphatic rings. The molecule has 1 N–H and O–H groups in total. The number of methoxy groups -OCH3 is 1. The summed E-state index contributed by atoms with van der Waals surface area (Å²) in [6.07, 6.45) is 1.35. The average Bonchev–Trinajstić information content (AvgIpc) is 2.68. The van der Waals surface area contributed by atoms with Gasteiger partial charge in [0.1, 0.15) is 17.4 Å². The van der Waals surface area contributed by atoms with Gasteiger partial charge >= 0.3 is 5.97 Å². The number of aryl methyl sites for hydroxylation is 1. The smallest absolute Gasteiger partial charge is 0.349 e. The SMILES string of the molecule is COc1ccc(/C=C(/C#N)C(=O)OCC(=O)Nc2nc(C)c(Cl)cc2Cl)cc1. The van der Waals surface area contributed by atoms with Crippen LogP contribution in [0.4, 0.5) is 5.82 Å². The molecule has 1 heterocycles. The lowest BCUT2D eigenvalue weighted by atomic mass is 10.1. The second kappa shape index (κ2) is 9.74. The van der Waals surface area contributed by atoms with Crippen LogP contribution in [0, 0.1) is 18.3 Å². The zero-order chi connectivity index (χ0) is 20.7. The minimum atomic E-state index is -0.931. The third-order valence-electron chi connectivity index (χ3n) is 3.46. The number of anilines is 1. The first-order chi connectivity index (χ1) is 13.3. The molecule has 1 aromatic carbocycles. The summed E-state index contributed by atoms with van der Waals surface area (Å²) in [5.41, 5.74) is 0.829. The lowest BCUT2D eigenvalue weighted by Crippen LogP contribution is -2.22. The highest BCUT2D eigenvalue weighted by molar-refractivity contribution is 6.36. The molecule has 0 aliphatic carbocycles. The Balaban J connectivity index is 1.99. The Bertz CT molecular complexity index is 966. The predicted octanol–water partition coefficient (Wildman–Crippen LogP) is 3.79. The summed E-state index contributed by atoms with van der Waals surface area (Å²) < 4.78 is 9.92. The van der Waals surface area contributed by atoms with Gasteiger partial charge in [-0.25, -0.2) is 9.78 Å². The van der Waals surface area contributed by atoms with Crippen LogP contribution >= 0.6 is 23.2 Å². The summed E-state index contributed by atoms with van der Waals surface area (Å²) in [6.45, 7) is 1.04. The van der Waals surface area contributed by atoms with E-state index in [0.29, 0.717) is 22.0 Å². The van der Waals surface area contributed by atoms with E-state index in [9.17, 15) is 9.59 Å². The summed E-state index contributed by atoms with van der Waals surface area (Å²) in [5, 5.41) is 12.1. The third-order valence-corrected chi connectivity index (χ3v) is 4.13. The molecule has 0 aliphatic heterocycles. The fourth-order valence-corrected chi connectivity index (χ4v) is 2.43. The van der Waals surface area contributed by atoms with Crippen LogP contribution in [0.3, 0.4) is 0 Å². The number of aromatic nitrogens is 1. The number of hydrogen-bond donors (Lipinski definition) is 1. The minimum Gasteiger partial charge on any atom is -0.497 e. The van der Waals surface area contributed by atoms with E-state index < -0.39 is 18.5 Å². The number of esters is 1. The molecule has 1 amide bonds. The van der Waals surface area contributed by atoms with Gasteiger partial charge in [-0.1, -0.05) is 35.3 Å². The average molecular weight is 420 g/mol. The van der Waals surface area contributed by atoms with E-state index in [1.165, 1.54) is 19.3 Å². The molecule has 7 nitrogen and oxygen atoms in total. The number of hydrogen-bond acceptors (Lipinski definition) is 6. The number of halogens is 2. The summed E-state index contributed by atoms with van der Waals surface area (Å²) in [5.74, 6) is -0.857. The van der Waals surface area contributed by atoms with Crippen LogP contribution in [0.5, 0.6) is 5.75 Å². The van der Waals surface area contributed by atoms with E-state index in [2.05, 4.69) is 10.3 Å². The van der Waals surface area contributed by atoms with Crippen LogP contribution in [-0.2, 0) is 14.3 Å². The Kier molecular flexibility index (Phi) is 7.38. The number of ether oxygens (including phenoxy) is 2. The van der Waals surface area contributed by atoms with Gasteiger partial charge < -0.3 is 14.8 Å². The molecule has 2 aromatic rings. The number of nitriles is 1. The van der Waals surface area contributed by atoms with Crippen molar-refractivity contribution in [1.82, 2.24) is 4.98 Å². The Morgan fingerprint density at radius 3 is 2.54 bits per heavy atom. The minimum absolute atomic E-state index is 0.0962.